The minimum atomic E-state index is -3.97. The average molecular weight is 444 g/mol. The molecule has 0 aliphatic carbocycles. The lowest BCUT2D eigenvalue weighted by molar-refractivity contribution is 0.0690. The summed E-state index contributed by atoms with van der Waals surface area (Å²) >= 11 is 0. The summed E-state index contributed by atoms with van der Waals surface area (Å²) in [5.74, 6) is 1.11. The Balaban J connectivity index is 1.71. The van der Waals surface area contributed by atoms with Gasteiger partial charge in [0, 0.05) is 13.1 Å². The normalized spacial score (nSPS) is 11.4. The molecule has 0 bridgehead atoms. The maximum absolute atomic E-state index is 12.7. The summed E-state index contributed by atoms with van der Waals surface area (Å²) in [6, 6.07) is 15.9. The zero-order valence-corrected chi connectivity index (χ0v) is 18.5. The maximum atomic E-state index is 12.7. The van der Waals surface area contributed by atoms with Crippen LogP contribution in [0.4, 0.5) is 0 Å². The zero-order chi connectivity index (χ0) is 22.4. The molecule has 0 aliphatic rings. The third-order valence-electron chi connectivity index (χ3n) is 4.46. The number of furan rings is 1. The molecule has 0 aliphatic heterocycles. The third-order valence-corrected chi connectivity index (χ3v) is 5.72. The Morgan fingerprint density at radius 2 is 1.65 bits per heavy atom. The SMILES string of the molecule is COc1ccc(S(=O)(=O)Oc2ccc(CN(CC(C)C)C(=O)c3ccco3)cc2)cc1. The lowest BCUT2D eigenvalue weighted by Gasteiger charge is -2.24. The second-order valence-electron chi connectivity index (χ2n) is 7.41. The molecule has 7 nitrogen and oxygen atoms in total. The van der Waals surface area contributed by atoms with E-state index in [1.165, 1.54) is 25.5 Å². The Morgan fingerprint density at radius 3 is 2.19 bits per heavy atom. The fraction of sp³-hybridized carbons (Fsp3) is 0.261. The number of rotatable bonds is 9. The highest BCUT2D eigenvalue weighted by Crippen LogP contribution is 2.22. The van der Waals surface area contributed by atoms with Gasteiger partial charge in [-0.15, -0.1) is 0 Å². The van der Waals surface area contributed by atoms with Crippen LogP contribution in [-0.2, 0) is 16.7 Å². The quantitative estimate of drug-likeness (QED) is 0.457. The molecule has 8 heteroatoms. The maximum Gasteiger partial charge on any atom is 0.339 e. The van der Waals surface area contributed by atoms with Crippen LogP contribution in [0.1, 0.15) is 30.0 Å². The van der Waals surface area contributed by atoms with E-state index in [0.29, 0.717) is 18.8 Å². The highest BCUT2D eigenvalue weighted by atomic mass is 32.2. The van der Waals surface area contributed by atoms with Gasteiger partial charge in [0.15, 0.2) is 5.76 Å². The smallest absolute Gasteiger partial charge is 0.339 e. The molecule has 0 radical (unpaired) electrons. The van der Waals surface area contributed by atoms with Gasteiger partial charge in [-0.2, -0.15) is 8.42 Å². The molecule has 0 fully saturated rings. The van der Waals surface area contributed by atoms with E-state index in [-0.39, 0.29) is 28.2 Å². The Labute approximate surface area is 182 Å². The molecule has 0 saturated heterocycles. The van der Waals surface area contributed by atoms with E-state index in [9.17, 15) is 13.2 Å². The number of nitrogens with zero attached hydrogens (tertiary/aromatic N) is 1. The van der Waals surface area contributed by atoms with Crippen LogP contribution >= 0.6 is 0 Å². The van der Waals surface area contributed by atoms with Gasteiger partial charge in [-0.3, -0.25) is 4.79 Å². The van der Waals surface area contributed by atoms with E-state index >= 15 is 0 Å². The van der Waals surface area contributed by atoms with Crippen molar-refractivity contribution >= 4 is 16.0 Å². The standard InChI is InChI=1S/C23H25NO6S/c1-17(2)15-24(23(25)22-5-4-14-29-22)16-18-6-8-20(9-7-18)30-31(26,27)21-12-10-19(28-3)11-13-21/h4-14,17H,15-16H2,1-3H3. The minimum Gasteiger partial charge on any atom is -0.497 e. The molecular formula is C23H25NO6S. The molecular weight excluding hydrogens is 418 g/mol. The van der Waals surface area contributed by atoms with Gasteiger partial charge in [0.2, 0.25) is 0 Å². The van der Waals surface area contributed by atoms with Gasteiger partial charge in [-0.25, -0.2) is 0 Å². The van der Waals surface area contributed by atoms with Crippen molar-refractivity contribution in [3.8, 4) is 11.5 Å². The first-order chi connectivity index (χ1) is 14.8. The van der Waals surface area contributed by atoms with Crippen LogP contribution in [0.25, 0.3) is 0 Å². The van der Waals surface area contributed by atoms with E-state index in [2.05, 4.69) is 0 Å². The molecule has 3 aromatic rings. The van der Waals surface area contributed by atoms with Crippen molar-refractivity contribution in [3.05, 3.63) is 78.3 Å². The van der Waals surface area contributed by atoms with Crippen molar-refractivity contribution in [1.82, 2.24) is 4.90 Å². The van der Waals surface area contributed by atoms with Crippen molar-refractivity contribution in [3.63, 3.8) is 0 Å². The third kappa shape index (κ3) is 5.88. The molecule has 0 spiro atoms. The van der Waals surface area contributed by atoms with Crippen molar-refractivity contribution < 1.29 is 26.5 Å². The number of amides is 1. The number of benzene rings is 2. The Bertz CT molecular complexity index is 1090. The largest absolute Gasteiger partial charge is 0.497 e. The van der Waals surface area contributed by atoms with Gasteiger partial charge >= 0.3 is 10.1 Å². The topological polar surface area (TPSA) is 86.1 Å². The van der Waals surface area contributed by atoms with E-state index in [4.69, 9.17) is 13.3 Å². The molecule has 3 rings (SSSR count). The Morgan fingerprint density at radius 1 is 1.00 bits per heavy atom. The number of methoxy groups -OCH3 is 1. The van der Waals surface area contributed by atoms with Crippen molar-refractivity contribution in [2.24, 2.45) is 5.92 Å². The Hall–Kier alpha value is -3.26. The number of carbonyl (C=O) groups is 1. The fourth-order valence-electron chi connectivity index (χ4n) is 3.00. The average Bonchev–Trinajstić information content (AvgIpc) is 3.28. The lowest BCUT2D eigenvalue weighted by Crippen LogP contribution is -2.33. The van der Waals surface area contributed by atoms with Crippen LogP contribution in [0, 0.1) is 5.92 Å². The van der Waals surface area contributed by atoms with Crippen molar-refractivity contribution in [2.75, 3.05) is 13.7 Å². The van der Waals surface area contributed by atoms with Gasteiger partial charge in [-0.05, 0) is 60.0 Å². The highest BCUT2D eigenvalue weighted by molar-refractivity contribution is 7.87. The molecule has 0 unspecified atom stereocenters. The summed E-state index contributed by atoms with van der Waals surface area (Å²) < 4.78 is 40.5. The summed E-state index contributed by atoms with van der Waals surface area (Å²) in [6.45, 7) is 4.99. The predicted octanol–water partition coefficient (Wildman–Crippen LogP) is 4.35. The van der Waals surface area contributed by atoms with Crippen molar-refractivity contribution in [1.29, 1.82) is 0 Å². The van der Waals surface area contributed by atoms with Gasteiger partial charge in [0.1, 0.15) is 16.4 Å². The van der Waals surface area contributed by atoms with Gasteiger partial charge < -0.3 is 18.2 Å². The van der Waals surface area contributed by atoms with E-state index in [1.807, 2.05) is 13.8 Å². The molecule has 1 aromatic heterocycles. The summed E-state index contributed by atoms with van der Waals surface area (Å²) in [6.07, 6.45) is 1.47. The van der Waals surface area contributed by atoms with Crippen molar-refractivity contribution in [2.45, 2.75) is 25.3 Å². The summed E-state index contributed by atoms with van der Waals surface area (Å²) in [5.41, 5.74) is 0.842. The lowest BCUT2D eigenvalue weighted by atomic mass is 10.1. The summed E-state index contributed by atoms with van der Waals surface area (Å²) in [5, 5.41) is 0. The molecule has 1 heterocycles. The molecule has 0 saturated carbocycles. The van der Waals surface area contributed by atoms with Gasteiger partial charge in [0.05, 0.1) is 13.4 Å². The van der Waals surface area contributed by atoms with Gasteiger partial charge in [-0.1, -0.05) is 26.0 Å². The Kier molecular flexibility index (Phi) is 7.02. The molecule has 1 amide bonds. The molecule has 0 N–H and O–H groups in total. The number of hydrogen-bond acceptors (Lipinski definition) is 6. The monoisotopic (exact) mass is 443 g/mol. The van der Waals surface area contributed by atoms with E-state index in [0.717, 1.165) is 5.56 Å². The summed E-state index contributed by atoms with van der Waals surface area (Å²) in [7, 11) is -2.46. The molecule has 164 valence electrons. The number of hydrogen-bond donors (Lipinski definition) is 0. The summed E-state index contributed by atoms with van der Waals surface area (Å²) in [4.78, 5) is 14.5. The first kappa shape index (κ1) is 22.4. The minimum absolute atomic E-state index is 0.0320. The van der Waals surface area contributed by atoms with E-state index < -0.39 is 10.1 Å². The first-order valence-electron chi connectivity index (χ1n) is 9.79. The molecule has 31 heavy (non-hydrogen) atoms. The van der Waals surface area contributed by atoms with Crippen LogP contribution in [0.15, 0.2) is 76.2 Å². The number of carbonyl (C=O) groups excluding carboxylic acids is 1. The predicted molar refractivity (Wildman–Crippen MR) is 116 cm³/mol. The van der Waals surface area contributed by atoms with E-state index in [1.54, 1.807) is 53.4 Å². The fourth-order valence-corrected chi connectivity index (χ4v) is 3.93. The molecule has 2 aromatic carbocycles. The van der Waals surface area contributed by atoms with Crippen LogP contribution in [-0.4, -0.2) is 32.9 Å². The van der Waals surface area contributed by atoms with Crippen LogP contribution < -0.4 is 8.92 Å². The van der Waals surface area contributed by atoms with Crippen LogP contribution in [0.5, 0.6) is 11.5 Å². The second kappa shape index (κ2) is 9.70. The van der Waals surface area contributed by atoms with Crippen LogP contribution in [0.3, 0.4) is 0 Å². The van der Waals surface area contributed by atoms with Gasteiger partial charge in [0.25, 0.3) is 5.91 Å². The molecule has 0 atom stereocenters. The highest BCUT2D eigenvalue weighted by Gasteiger charge is 2.20. The zero-order valence-electron chi connectivity index (χ0n) is 17.6. The number of ether oxygens (including phenoxy) is 1. The van der Waals surface area contributed by atoms with Crippen LogP contribution in [0.2, 0.25) is 0 Å². The first-order valence-corrected chi connectivity index (χ1v) is 11.2. The second-order valence-corrected chi connectivity index (χ2v) is 8.96.